The summed E-state index contributed by atoms with van der Waals surface area (Å²) in [5.41, 5.74) is 3.25. The van der Waals surface area contributed by atoms with Crippen LogP contribution < -0.4 is 10.2 Å². The molecule has 3 heterocycles. The molecular weight excluding hydrogens is 274 g/mol. The van der Waals surface area contributed by atoms with Gasteiger partial charge < -0.3 is 10.2 Å². The number of rotatable bonds is 4. The van der Waals surface area contributed by atoms with Gasteiger partial charge in [0.1, 0.15) is 5.82 Å². The molecule has 0 bridgehead atoms. The molecule has 0 amide bonds. The third kappa shape index (κ3) is 3.35. The summed E-state index contributed by atoms with van der Waals surface area (Å²) in [5.74, 6) is 2.42. The number of nitrogens with zero attached hydrogens (tertiary/aromatic N) is 4. The largest absolute Gasteiger partial charge is 0.370 e. The predicted octanol–water partition coefficient (Wildman–Crippen LogP) is 2.74. The second-order valence-corrected chi connectivity index (χ2v) is 6.08. The fraction of sp³-hybridized carbons (Fsp3) is 0.471. The highest BCUT2D eigenvalue weighted by atomic mass is 15.3. The van der Waals surface area contributed by atoms with E-state index in [-0.39, 0.29) is 0 Å². The molecule has 0 saturated carbocycles. The van der Waals surface area contributed by atoms with Crippen LogP contribution in [0.1, 0.15) is 23.4 Å². The van der Waals surface area contributed by atoms with Crippen molar-refractivity contribution >= 4 is 11.8 Å². The molecule has 2 aromatic heterocycles. The lowest BCUT2D eigenvalue weighted by Gasteiger charge is -2.17. The molecule has 0 unspecified atom stereocenters. The zero-order chi connectivity index (χ0) is 15.5. The van der Waals surface area contributed by atoms with Gasteiger partial charge in [0.15, 0.2) is 0 Å². The van der Waals surface area contributed by atoms with E-state index in [1.807, 2.05) is 45.2 Å². The lowest BCUT2D eigenvalue weighted by molar-refractivity contribution is 0.620. The van der Waals surface area contributed by atoms with E-state index in [0.29, 0.717) is 5.92 Å². The summed E-state index contributed by atoms with van der Waals surface area (Å²) in [7, 11) is 0. The van der Waals surface area contributed by atoms with Gasteiger partial charge in [0, 0.05) is 37.2 Å². The van der Waals surface area contributed by atoms with Gasteiger partial charge in [-0.2, -0.15) is 0 Å². The monoisotopic (exact) mass is 297 g/mol. The van der Waals surface area contributed by atoms with E-state index in [1.54, 1.807) is 0 Å². The number of aryl methyl sites for hydroxylation is 3. The number of hydrogen-bond acceptors (Lipinski definition) is 5. The minimum Gasteiger partial charge on any atom is -0.370 e. The Balaban J connectivity index is 1.57. The summed E-state index contributed by atoms with van der Waals surface area (Å²) in [6.07, 6.45) is 3.08. The predicted molar refractivity (Wildman–Crippen MR) is 89.3 cm³/mol. The molecule has 0 radical (unpaired) electrons. The van der Waals surface area contributed by atoms with Gasteiger partial charge in [-0.3, -0.25) is 0 Å². The van der Waals surface area contributed by atoms with Crippen molar-refractivity contribution in [3.63, 3.8) is 0 Å². The van der Waals surface area contributed by atoms with Crippen LogP contribution in [0.4, 0.5) is 11.8 Å². The summed E-state index contributed by atoms with van der Waals surface area (Å²) in [6, 6.07) is 6.07. The van der Waals surface area contributed by atoms with Crippen molar-refractivity contribution in [1.29, 1.82) is 0 Å². The number of aromatic nitrogens is 3. The van der Waals surface area contributed by atoms with Crippen LogP contribution in [0.15, 0.2) is 24.4 Å². The summed E-state index contributed by atoms with van der Waals surface area (Å²) in [6.45, 7) is 9.07. The molecule has 0 aromatic carbocycles. The summed E-state index contributed by atoms with van der Waals surface area (Å²) < 4.78 is 0. The molecule has 1 N–H and O–H groups in total. The summed E-state index contributed by atoms with van der Waals surface area (Å²) in [4.78, 5) is 15.8. The normalized spacial score (nSPS) is 17.8. The van der Waals surface area contributed by atoms with Crippen LogP contribution in [-0.4, -0.2) is 34.6 Å². The first-order valence-electron chi connectivity index (χ1n) is 7.84. The second kappa shape index (κ2) is 6.30. The topological polar surface area (TPSA) is 53.9 Å². The third-order valence-corrected chi connectivity index (χ3v) is 4.24. The van der Waals surface area contributed by atoms with Crippen LogP contribution in [-0.2, 0) is 0 Å². The van der Waals surface area contributed by atoms with Crippen molar-refractivity contribution in [3.8, 4) is 0 Å². The SMILES string of the molecule is Cc1cccc(NC[C@H]2CCN(c3ncc(C)c(C)n3)C2)n1. The summed E-state index contributed by atoms with van der Waals surface area (Å²) in [5, 5.41) is 3.44. The molecule has 1 aliphatic rings. The Morgan fingerprint density at radius 3 is 2.86 bits per heavy atom. The summed E-state index contributed by atoms with van der Waals surface area (Å²) >= 11 is 0. The van der Waals surface area contributed by atoms with Crippen molar-refractivity contribution < 1.29 is 0 Å². The van der Waals surface area contributed by atoms with E-state index in [1.165, 1.54) is 0 Å². The van der Waals surface area contributed by atoms with Gasteiger partial charge in [-0.25, -0.2) is 15.0 Å². The zero-order valence-corrected chi connectivity index (χ0v) is 13.5. The highest BCUT2D eigenvalue weighted by molar-refractivity contribution is 5.37. The Bertz CT molecular complexity index is 655. The van der Waals surface area contributed by atoms with E-state index < -0.39 is 0 Å². The number of anilines is 2. The van der Waals surface area contributed by atoms with Crippen LogP contribution in [0.3, 0.4) is 0 Å². The molecule has 0 spiro atoms. The maximum absolute atomic E-state index is 4.60. The number of hydrogen-bond donors (Lipinski definition) is 1. The van der Waals surface area contributed by atoms with Gasteiger partial charge in [0.25, 0.3) is 0 Å². The zero-order valence-electron chi connectivity index (χ0n) is 13.5. The van der Waals surface area contributed by atoms with E-state index in [4.69, 9.17) is 0 Å². The van der Waals surface area contributed by atoms with Gasteiger partial charge >= 0.3 is 0 Å². The lowest BCUT2D eigenvalue weighted by Crippen LogP contribution is -2.24. The lowest BCUT2D eigenvalue weighted by atomic mass is 10.1. The second-order valence-electron chi connectivity index (χ2n) is 6.08. The molecule has 5 heteroatoms. The molecule has 3 rings (SSSR count). The molecule has 116 valence electrons. The van der Waals surface area contributed by atoms with Gasteiger partial charge in [-0.15, -0.1) is 0 Å². The Kier molecular flexibility index (Phi) is 4.22. The van der Waals surface area contributed by atoms with Gasteiger partial charge in [0.05, 0.1) is 0 Å². The van der Waals surface area contributed by atoms with Gasteiger partial charge in [0.2, 0.25) is 5.95 Å². The molecule has 5 nitrogen and oxygen atoms in total. The molecule has 1 atom stereocenters. The average molecular weight is 297 g/mol. The minimum atomic E-state index is 0.604. The molecule has 1 fully saturated rings. The Morgan fingerprint density at radius 1 is 1.23 bits per heavy atom. The third-order valence-electron chi connectivity index (χ3n) is 4.24. The Labute approximate surface area is 131 Å². The molecule has 1 saturated heterocycles. The fourth-order valence-electron chi connectivity index (χ4n) is 2.74. The van der Waals surface area contributed by atoms with Crippen LogP contribution in [0.25, 0.3) is 0 Å². The van der Waals surface area contributed by atoms with Crippen molar-refractivity contribution in [2.75, 3.05) is 29.9 Å². The van der Waals surface area contributed by atoms with Crippen LogP contribution in [0.5, 0.6) is 0 Å². The first-order valence-corrected chi connectivity index (χ1v) is 7.84. The van der Waals surface area contributed by atoms with E-state index in [0.717, 1.165) is 54.8 Å². The highest BCUT2D eigenvalue weighted by Crippen LogP contribution is 2.21. The smallest absolute Gasteiger partial charge is 0.225 e. The molecule has 22 heavy (non-hydrogen) atoms. The maximum atomic E-state index is 4.60. The number of pyridine rings is 1. The van der Waals surface area contributed by atoms with Crippen molar-refractivity contribution in [2.24, 2.45) is 5.92 Å². The van der Waals surface area contributed by atoms with E-state index in [2.05, 4.69) is 25.2 Å². The van der Waals surface area contributed by atoms with Crippen molar-refractivity contribution in [3.05, 3.63) is 41.3 Å². The first kappa shape index (κ1) is 14.8. The molecule has 2 aromatic rings. The van der Waals surface area contributed by atoms with Crippen molar-refractivity contribution in [1.82, 2.24) is 15.0 Å². The van der Waals surface area contributed by atoms with Crippen LogP contribution >= 0.6 is 0 Å². The van der Waals surface area contributed by atoms with Gasteiger partial charge in [-0.1, -0.05) is 6.07 Å². The first-order chi connectivity index (χ1) is 10.6. The molecular formula is C17H23N5. The van der Waals surface area contributed by atoms with Gasteiger partial charge in [-0.05, 0) is 50.8 Å². The Hall–Kier alpha value is -2.17. The highest BCUT2D eigenvalue weighted by Gasteiger charge is 2.24. The van der Waals surface area contributed by atoms with E-state index >= 15 is 0 Å². The molecule has 1 aliphatic heterocycles. The fourth-order valence-corrected chi connectivity index (χ4v) is 2.74. The number of nitrogens with one attached hydrogen (secondary N) is 1. The minimum absolute atomic E-state index is 0.604. The van der Waals surface area contributed by atoms with Crippen LogP contribution in [0, 0.1) is 26.7 Å². The maximum Gasteiger partial charge on any atom is 0.225 e. The Morgan fingerprint density at radius 2 is 2.09 bits per heavy atom. The quantitative estimate of drug-likeness (QED) is 0.940. The molecule has 0 aliphatic carbocycles. The van der Waals surface area contributed by atoms with E-state index in [9.17, 15) is 0 Å². The standard InChI is InChI=1S/C17H23N5/c1-12-9-19-17(21-14(12)3)22-8-7-15(11-22)10-18-16-6-4-5-13(2)20-16/h4-6,9,15H,7-8,10-11H2,1-3H3,(H,18,20)/t15-/m1/s1. The average Bonchev–Trinajstić information content (AvgIpc) is 2.97. The van der Waals surface area contributed by atoms with Crippen LogP contribution in [0.2, 0.25) is 0 Å². The van der Waals surface area contributed by atoms with Crippen molar-refractivity contribution in [2.45, 2.75) is 27.2 Å².